The Hall–Kier alpha value is -2.14. The van der Waals surface area contributed by atoms with Crippen LogP contribution in [0.2, 0.25) is 0 Å². The van der Waals surface area contributed by atoms with Crippen LogP contribution in [0.5, 0.6) is 5.75 Å². The number of ether oxygens (including phenoxy) is 1. The fourth-order valence-electron chi connectivity index (χ4n) is 1.56. The number of aromatic amines is 1. The highest BCUT2D eigenvalue weighted by Gasteiger charge is 2.23. The third-order valence-electron chi connectivity index (χ3n) is 2.47. The molecule has 2 rings (SSSR count). The van der Waals surface area contributed by atoms with Gasteiger partial charge in [-0.25, -0.2) is 9.89 Å². The summed E-state index contributed by atoms with van der Waals surface area (Å²) in [5.41, 5.74) is 0.519. The molecule has 1 aromatic heterocycles. The van der Waals surface area contributed by atoms with E-state index in [0.29, 0.717) is 15.8 Å². The Balaban J connectivity index is 2.21. The highest BCUT2D eigenvalue weighted by atomic mass is 16.5. The van der Waals surface area contributed by atoms with Crippen molar-refractivity contribution in [3.63, 3.8) is 0 Å². The molecule has 94 valence electrons. The van der Waals surface area contributed by atoms with Crippen LogP contribution in [0, 0.1) is 0 Å². The van der Waals surface area contributed by atoms with E-state index in [1.165, 1.54) is 6.20 Å². The number of hydrogen-bond donors (Lipinski definition) is 1. The predicted octanol–water partition coefficient (Wildman–Crippen LogP) is 1.83. The van der Waals surface area contributed by atoms with Gasteiger partial charge >= 0.3 is 5.97 Å². The first-order valence-corrected chi connectivity index (χ1v) is 5.61. The number of benzene rings is 1. The highest BCUT2D eigenvalue weighted by molar-refractivity contribution is 5.91. The van der Waals surface area contributed by atoms with E-state index < -0.39 is 0 Å². The molecule has 0 amide bonds. The van der Waals surface area contributed by atoms with Crippen molar-refractivity contribution in [1.82, 2.24) is 14.7 Å². The first-order chi connectivity index (χ1) is 8.48. The molecule has 0 unspecified atom stereocenters. The van der Waals surface area contributed by atoms with E-state index >= 15 is 0 Å². The molecule has 5 nitrogen and oxygen atoms in total. The maximum atomic E-state index is 11.9. The lowest BCUT2D eigenvalue weighted by atomic mass is 10.2. The summed E-state index contributed by atoms with van der Waals surface area (Å²) in [5, 5.41) is 6.76. The molecule has 0 aliphatic heterocycles. The lowest BCUT2D eigenvalue weighted by molar-refractivity contribution is 0.0733. The van der Waals surface area contributed by atoms with Crippen LogP contribution in [0.3, 0.4) is 0 Å². The van der Waals surface area contributed by atoms with Crippen LogP contribution in [-0.2, 0) is 0 Å². The van der Waals surface area contributed by atoms with Gasteiger partial charge in [-0.2, -0.15) is 5.10 Å². The monoisotopic (exact) mass is 246 g/mol. The van der Waals surface area contributed by atoms with Gasteiger partial charge in [-0.05, 0) is 12.1 Å². The zero-order valence-electron chi connectivity index (χ0n) is 10.7. The number of rotatable bonds is 3. The standard InChI is InChI=1S/C13H16N3O2/c1-16(2,3)12-11(9-14-15-12)18-13(17)10-7-5-4-6-8-10/h4-9H,1-3H3,(H,14,15)/q+1. The van der Waals surface area contributed by atoms with Gasteiger partial charge in [0.25, 0.3) is 5.82 Å². The Morgan fingerprint density at radius 1 is 1.22 bits per heavy atom. The van der Waals surface area contributed by atoms with Gasteiger partial charge in [0.2, 0.25) is 5.75 Å². The smallest absolute Gasteiger partial charge is 0.343 e. The fourth-order valence-corrected chi connectivity index (χ4v) is 1.56. The minimum Gasteiger partial charge on any atom is -0.413 e. The van der Waals surface area contributed by atoms with Gasteiger partial charge in [0, 0.05) is 0 Å². The Kier molecular flexibility index (Phi) is 3.16. The topological polar surface area (TPSA) is 55.0 Å². The second kappa shape index (κ2) is 4.62. The van der Waals surface area contributed by atoms with Gasteiger partial charge in [0.15, 0.2) is 0 Å². The van der Waals surface area contributed by atoms with Crippen molar-refractivity contribution in [1.29, 1.82) is 0 Å². The van der Waals surface area contributed by atoms with Crippen LogP contribution in [0.1, 0.15) is 10.4 Å². The molecule has 0 atom stereocenters. The van der Waals surface area contributed by atoms with E-state index in [1.54, 1.807) is 24.3 Å². The van der Waals surface area contributed by atoms with Crippen molar-refractivity contribution < 1.29 is 9.53 Å². The van der Waals surface area contributed by atoms with Gasteiger partial charge in [-0.15, -0.1) is 0 Å². The van der Waals surface area contributed by atoms with E-state index in [4.69, 9.17) is 4.74 Å². The Morgan fingerprint density at radius 3 is 2.50 bits per heavy atom. The molecule has 1 aromatic carbocycles. The Bertz CT molecular complexity index is 541. The molecule has 1 N–H and O–H groups in total. The van der Waals surface area contributed by atoms with Crippen molar-refractivity contribution in [2.75, 3.05) is 21.1 Å². The second-order valence-electron chi connectivity index (χ2n) is 4.85. The molecule has 0 saturated heterocycles. The summed E-state index contributed by atoms with van der Waals surface area (Å²) in [6.07, 6.45) is 1.51. The van der Waals surface area contributed by atoms with Gasteiger partial charge < -0.3 is 4.74 Å². The average molecular weight is 246 g/mol. The maximum absolute atomic E-state index is 11.9. The number of nitrogens with one attached hydrogen (secondary N) is 1. The zero-order chi connectivity index (χ0) is 13.2. The molecule has 0 aliphatic rings. The van der Waals surface area contributed by atoms with E-state index in [0.717, 1.165) is 5.82 Å². The molecular weight excluding hydrogens is 230 g/mol. The largest absolute Gasteiger partial charge is 0.413 e. The fraction of sp³-hybridized carbons (Fsp3) is 0.231. The number of aromatic nitrogens is 2. The summed E-state index contributed by atoms with van der Waals surface area (Å²) in [5.74, 6) is 0.822. The molecule has 0 bridgehead atoms. The minimum absolute atomic E-state index is 0.383. The van der Waals surface area contributed by atoms with Crippen molar-refractivity contribution in [2.45, 2.75) is 0 Å². The number of carbonyl (C=O) groups excluding carboxylic acids is 1. The van der Waals surface area contributed by atoms with Crippen molar-refractivity contribution >= 4 is 11.8 Å². The van der Waals surface area contributed by atoms with Crippen molar-refractivity contribution in [2.24, 2.45) is 0 Å². The molecule has 5 heteroatoms. The summed E-state index contributed by atoms with van der Waals surface area (Å²) in [6, 6.07) is 8.88. The zero-order valence-corrected chi connectivity index (χ0v) is 10.7. The van der Waals surface area contributed by atoms with Gasteiger partial charge in [0.05, 0.1) is 32.9 Å². The molecular formula is C13H16N3O2+. The van der Waals surface area contributed by atoms with E-state index in [2.05, 4.69) is 10.2 Å². The predicted molar refractivity (Wildman–Crippen MR) is 69.6 cm³/mol. The quantitative estimate of drug-likeness (QED) is 0.664. The van der Waals surface area contributed by atoms with Crippen molar-refractivity contribution in [3.05, 3.63) is 42.1 Å². The number of carbonyl (C=O) groups is 1. The van der Waals surface area contributed by atoms with Crippen LogP contribution >= 0.6 is 0 Å². The normalized spacial score (nSPS) is 11.3. The summed E-state index contributed by atoms with van der Waals surface area (Å²) in [6.45, 7) is 0. The summed E-state index contributed by atoms with van der Waals surface area (Å²) in [7, 11) is 5.90. The van der Waals surface area contributed by atoms with E-state index in [1.807, 2.05) is 27.2 Å². The van der Waals surface area contributed by atoms with Gasteiger partial charge in [-0.3, -0.25) is 4.48 Å². The van der Waals surface area contributed by atoms with Crippen molar-refractivity contribution in [3.8, 4) is 5.75 Å². The number of esters is 1. The number of hydrogen-bond acceptors (Lipinski definition) is 3. The molecule has 1 heterocycles. The minimum atomic E-state index is -0.383. The highest BCUT2D eigenvalue weighted by Crippen LogP contribution is 2.27. The van der Waals surface area contributed by atoms with E-state index in [-0.39, 0.29) is 5.97 Å². The molecule has 0 aliphatic carbocycles. The van der Waals surface area contributed by atoms with Crippen LogP contribution in [0.15, 0.2) is 36.5 Å². The van der Waals surface area contributed by atoms with Gasteiger partial charge in [0.1, 0.15) is 0 Å². The molecule has 2 aromatic rings. The van der Waals surface area contributed by atoms with E-state index in [9.17, 15) is 4.79 Å². The molecule has 0 fully saturated rings. The first-order valence-electron chi connectivity index (χ1n) is 5.61. The van der Waals surface area contributed by atoms with Crippen LogP contribution in [0.25, 0.3) is 0 Å². The van der Waals surface area contributed by atoms with Gasteiger partial charge in [-0.1, -0.05) is 18.2 Å². The summed E-state index contributed by atoms with van der Waals surface area (Å²) >= 11 is 0. The average Bonchev–Trinajstić information content (AvgIpc) is 2.78. The molecule has 18 heavy (non-hydrogen) atoms. The summed E-state index contributed by atoms with van der Waals surface area (Å²) < 4.78 is 5.85. The molecule has 0 radical (unpaired) electrons. The Morgan fingerprint density at radius 2 is 1.89 bits per heavy atom. The number of H-pyrrole nitrogens is 1. The lowest BCUT2D eigenvalue weighted by Crippen LogP contribution is -2.35. The number of quaternary nitrogens is 1. The first kappa shape index (κ1) is 12.3. The maximum Gasteiger partial charge on any atom is 0.343 e. The summed E-state index contributed by atoms with van der Waals surface area (Å²) in [4.78, 5) is 11.9. The third-order valence-corrected chi connectivity index (χ3v) is 2.47. The lowest BCUT2D eigenvalue weighted by Gasteiger charge is -2.21. The molecule has 0 spiro atoms. The number of nitrogens with zero attached hydrogens (tertiary/aromatic N) is 2. The van der Waals surface area contributed by atoms with Crippen LogP contribution in [0.4, 0.5) is 5.82 Å². The van der Waals surface area contributed by atoms with Crippen LogP contribution < -0.4 is 9.22 Å². The second-order valence-corrected chi connectivity index (χ2v) is 4.85. The molecule has 0 saturated carbocycles. The van der Waals surface area contributed by atoms with Crippen LogP contribution in [-0.4, -0.2) is 37.3 Å². The Labute approximate surface area is 106 Å². The third kappa shape index (κ3) is 2.57. The SMILES string of the molecule is C[N+](C)(C)c1[nH]ncc1OC(=O)c1ccccc1.